The zero-order valence-electron chi connectivity index (χ0n) is 11.3. The second-order valence-corrected chi connectivity index (χ2v) is 6.56. The minimum Gasteiger partial charge on any atom is -0.258 e. The van der Waals surface area contributed by atoms with Gasteiger partial charge in [-0.3, -0.25) is 10.1 Å². The Morgan fingerprint density at radius 1 is 1.14 bits per heavy atom. The molecule has 0 atom stereocenters. The van der Waals surface area contributed by atoms with E-state index in [1.165, 1.54) is 34.9 Å². The van der Waals surface area contributed by atoms with Crippen molar-refractivity contribution in [1.29, 1.82) is 0 Å². The molecule has 0 saturated carbocycles. The number of hydrogen-bond acceptors (Lipinski definition) is 3. The molecule has 0 heterocycles. The third-order valence-corrected chi connectivity index (χ3v) is 5.12. The number of hydrogen-bond donors (Lipinski definition) is 0. The summed E-state index contributed by atoms with van der Waals surface area (Å²) in [4.78, 5) is 11.6. The number of non-ortho nitro benzene ring substituents is 1. The predicted molar refractivity (Wildman–Crippen MR) is 86.1 cm³/mol. The average Bonchev–Trinajstić information content (AvgIpc) is 2.93. The average molecular weight is 320 g/mol. The smallest absolute Gasteiger partial charge is 0.258 e. The lowest BCUT2D eigenvalue weighted by molar-refractivity contribution is -0.384. The van der Waals surface area contributed by atoms with Crippen LogP contribution in [-0.4, -0.2) is 4.92 Å². The number of benzene rings is 2. The van der Waals surface area contributed by atoms with Gasteiger partial charge >= 0.3 is 0 Å². The molecule has 0 unspecified atom stereocenters. The van der Waals surface area contributed by atoms with Gasteiger partial charge < -0.3 is 0 Å². The van der Waals surface area contributed by atoms with E-state index < -0.39 is 0 Å². The molecule has 5 heteroatoms. The van der Waals surface area contributed by atoms with Gasteiger partial charge in [0.1, 0.15) is 0 Å². The van der Waals surface area contributed by atoms with Crippen molar-refractivity contribution >= 4 is 29.1 Å². The van der Waals surface area contributed by atoms with Crippen molar-refractivity contribution in [2.24, 2.45) is 0 Å². The largest absolute Gasteiger partial charge is 0.269 e. The maximum atomic E-state index is 10.8. The minimum absolute atomic E-state index is 0.0870. The third kappa shape index (κ3) is 3.22. The Balaban J connectivity index is 1.75. The summed E-state index contributed by atoms with van der Waals surface area (Å²) in [7, 11) is 0. The van der Waals surface area contributed by atoms with Crippen molar-refractivity contribution < 1.29 is 4.92 Å². The van der Waals surface area contributed by atoms with Crippen LogP contribution in [0.25, 0.3) is 0 Å². The Morgan fingerprint density at radius 3 is 2.76 bits per heavy atom. The number of aryl methyl sites for hydroxylation is 2. The molecule has 0 N–H and O–H groups in total. The Hall–Kier alpha value is -1.52. The number of thioether (sulfide) groups is 1. The highest BCUT2D eigenvalue weighted by molar-refractivity contribution is 7.98. The lowest BCUT2D eigenvalue weighted by Crippen LogP contribution is -1.91. The van der Waals surface area contributed by atoms with Gasteiger partial charge in [-0.25, -0.2) is 0 Å². The normalized spacial score (nSPS) is 13.2. The molecule has 1 aliphatic rings. The summed E-state index contributed by atoms with van der Waals surface area (Å²) in [5, 5.41) is 11.4. The van der Waals surface area contributed by atoms with Gasteiger partial charge in [-0.1, -0.05) is 17.7 Å². The molecule has 0 bridgehead atoms. The molecule has 21 heavy (non-hydrogen) atoms. The zero-order chi connectivity index (χ0) is 14.8. The van der Waals surface area contributed by atoms with Crippen molar-refractivity contribution in [3.8, 4) is 0 Å². The molecule has 3 nitrogen and oxygen atoms in total. The molecule has 0 amide bonds. The summed E-state index contributed by atoms with van der Waals surface area (Å²) >= 11 is 7.79. The van der Waals surface area contributed by atoms with E-state index in [9.17, 15) is 10.1 Å². The molecule has 3 rings (SSSR count). The molecule has 108 valence electrons. The Bertz CT molecular complexity index is 703. The van der Waals surface area contributed by atoms with Gasteiger partial charge in [0.15, 0.2) is 0 Å². The minimum atomic E-state index is -0.389. The van der Waals surface area contributed by atoms with Crippen LogP contribution < -0.4 is 0 Å². The summed E-state index contributed by atoms with van der Waals surface area (Å²) in [5.41, 5.74) is 3.78. The fourth-order valence-corrected chi connectivity index (χ4v) is 3.80. The first-order valence-corrected chi connectivity index (χ1v) is 8.17. The highest BCUT2D eigenvalue weighted by Crippen LogP contribution is 2.32. The van der Waals surface area contributed by atoms with Crippen molar-refractivity contribution in [2.45, 2.75) is 29.9 Å². The fourth-order valence-electron chi connectivity index (χ4n) is 2.58. The standard InChI is InChI=1S/C16H14ClNO2S/c17-16-7-5-14(18(19)20)8-13(16)10-21-15-6-4-11-2-1-3-12(11)9-15/h4-9H,1-3,10H2. The number of rotatable bonds is 4. The first-order chi connectivity index (χ1) is 10.1. The van der Waals surface area contributed by atoms with Gasteiger partial charge in [-0.2, -0.15) is 0 Å². The number of fused-ring (bicyclic) bond motifs is 1. The Morgan fingerprint density at radius 2 is 1.95 bits per heavy atom. The second-order valence-electron chi connectivity index (χ2n) is 5.11. The van der Waals surface area contributed by atoms with Gasteiger partial charge in [0, 0.05) is 27.8 Å². The van der Waals surface area contributed by atoms with Gasteiger partial charge in [0.05, 0.1) is 4.92 Å². The molecule has 2 aromatic carbocycles. The zero-order valence-corrected chi connectivity index (χ0v) is 12.9. The van der Waals surface area contributed by atoms with E-state index in [2.05, 4.69) is 18.2 Å². The van der Waals surface area contributed by atoms with Crippen molar-refractivity contribution in [1.82, 2.24) is 0 Å². The van der Waals surface area contributed by atoms with E-state index in [0.29, 0.717) is 10.8 Å². The third-order valence-electron chi connectivity index (χ3n) is 3.70. The van der Waals surface area contributed by atoms with E-state index in [0.717, 1.165) is 12.0 Å². The van der Waals surface area contributed by atoms with E-state index >= 15 is 0 Å². The molecular formula is C16H14ClNO2S. The Kier molecular flexibility index (Phi) is 4.17. The molecule has 0 aromatic heterocycles. The monoisotopic (exact) mass is 319 g/mol. The fraction of sp³-hybridized carbons (Fsp3) is 0.250. The quantitative estimate of drug-likeness (QED) is 0.451. The van der Waals surface area contributed by atoms with Gasteiger partial charge in [0.25, 0.3) is 5.69 Å². The van der Waals surface area contributed by atoms with Crippen LogP contribution in [0.15, 0.2) is 41.3 Å². The molecule has 0 radical (unpaired) electrons. The van der Waals surface area contributed by atoms with Gasteiger partial charge in [-0.05, 0) is 54.2 Å². The molecule has 0 saturated heterocycles. The molecule has 1 aliphatic carbocycles. The summed E-state index contributed by atoms with van der Waals surface area (Å²) in [6.07, 6.45) is 3.57. The molecular weight excluding hydrogens is 306 g/mol. The lowest BCUT2D eigenvalue weighted by Gasteiger charge is -2.06. The number of nitrogens with zero attached hydrogens (tertiary/aromatic N) is 1. The van der Waals surface area contributed by atoms with E-state index in [-0.39, 0.29) is 10.6 Å². The first-order valence-electron chi connectivity index (χ1n) is 6.81. The number of nitro groups is 1. The van der Waals surface area contributed by atoms with Crippen LogP contribution in [0.5, 0.6) is 0 Å². The van der Waals surface area contributed by atoms with Crippen LogP contribution >= 0.6 is 23.4 Å². The summed E-state index contributed by atoms with van der Waals surface area (Å²) in [5.74, 6) is 0.638. The van der Waals surface area contributed by atoms with E-state index in [4.69, 9.17) is 11.6 Å². The number of halogens is 1. The van der Waals surface area contributed by atoms with Crippen molar-refractivity contribution in [3.63, 3.8) is 0 Å². The van der Waals surface area contributed by atoms with Crippen molar-refractivity contribution in [3.05, 3.63) is 68.2 Å². The van der Waals surface area contributed by atoms with Crippen LogP contribution in [0.4, 0.5) is 5.69 Å². The summed E-state index contributed by atoms with van der Waals surface area (Å²) in [6, 6.07) is 11.1. The van der Waals surface area contributed by atoms with Gasteiger partial charge in [-0.15, -0.1) is 11.8 Å². The van der Waals surface area contributed by atoms with Crippen molar-refractivity contribution in [2.75, 3.05) is 0 Å². The van der Waals surface area contributed by atoms with E-state index in [1.807, 2.05) is 0 Å². The first kappa shape index (κ1) is 14.4. The molecule has 0 aliphatic heterocycles. The summed E-state index contributed by atoms with van der Waals surface area (Å²) < 4.78 is 0. The highest BCUT2D eigenvalue weighted by Gasteiger charge is 2.13. The summed E-state index contributed by atoms with van der Waals surface area (Å²) in [6.45, 7) is 0. The maximum absolute atomic E-state index is 10.8. The molecule has 0 spiro atoms. The second kappa shape index (κ2) is 6.08. The maximum Gasteiger partial charge on any atom is 0.269 e. The Labute approximate surface area is 132 Å². The van der Waals surface area contributed by atoms with Crippen LogP contribution in [-0.2, 0) is 18.6 Å². The van der Waals surface area contributed by atoms with Crippen LogP contribution in [0.3, 0.4) is 0 Å². The van der Waals surface area contributed by atoms with Crippen LogP contribution in [0, 0.1) is 10.1 Å². The van der Waals surface area contributed by atoms with Gasteiger partial charge in [0.2, 0.25) is 0 Å². The molecule has 2 aromatic rings. The van der Waals surface area contributed by atoms with Crippen LogP contribution in [0.2, 0.25) is 5.02 Å². The lowest BCUT2D eigenvalue weighted by atomic mass is 10.1. The van der Waals surface area contributed by atoms with E-state index in [1.54, 1.807) is 23.9 Å². The predicted octanol–water partition coefficient (Wildman–Crippen LogP) is 5.03. The highest BCUT2D eigenvalue weighted by atomic mass is 35.5. The topological polar surface area (TPSA) is 43.1 Å². The number of nitro benzene ring substituents is 1. The SMILES string of the molecule is O=[N+]([O-])c1ccc(Cl)c(CSc2ccc3c(c2)CCC3)c1. The molecule has 0 fully saturated rings. The van der Waals surface area contributed by atoms with Crippen LogP contribution in [0.1, 0.15) is 23.1 Å².